The van der Waals surface area contributed by atoms with E-state index in [1.807, 2.05) is 0 Å². The number of carbonyl (C=O) groups excluding carboxylic acids is 1. The van der Waals surface area contributed by atoms with Crippen LogP contribution >= 0.6 is 11.8 Å². The van der Waals surface area contributed by atoms with Gasteiger partial charge in [-0.3, -0.25) is 4.79 Å². The molecule has 1 unspecified atom stereocenters. The van der Waals surface area contributed by atoms with Crippen LogP contribution in [-0.2, 0) is 9.53 Å². The number of nitrogens with one attached hydrogen (secondary N) is 1. The highest BCUT2D eigenvalue weighted by atomic mass is 32.2. The van der Waals surface area contributed by atoms with Crippen LogP contribution in [-0.4, -0.2) is 35.7 Å². The molecular formula is C10H17NO2S. The minimum atomic E-state index is -0.207. The third-order valence-corrected chi connectivity index (χ3v) is 3.59. The van der Waals surface area contributed by atoms with E-state index in [-0.39, 0.29) is 23.4 Å². The lowest BCUT2D eigenvalue weighted by atomic mass is 10.0. The molecule has 0 saturated carbocycles. The predicted octanol–water partition coefficient (Wildman–Crippen LogP) is 1.20. The molecule has 1 rings (SSSR count). The number of thioether (sulfide) groups is 1. The summed E-state index contributed by atoms with van der Waals surface area (Å²) >= 11 is 1.80. The second-order valence-corrected chi connectivity index (χ2v) is 5.51. The predicted molar refractivity (Wildman–Crippen MR) is 59.5 cm³/mol. The van der Waals surface area contributed by atoms with Gasteiger partial charge in [0.25, 0.3) is 0 Å². The summed E-state index contributed by atoms with van der Waals surface area (Å²) in [6, 6.07) is -0.207. The molecule has 0 aliphatic carbocycles. The number of esters is 1. The molecule has 4 heteroatoms. The highest BCUT2D eigenvalue weighted by Gasteiger charge is 2.38. The minimum absolute atomic E-state index is 0.0868. The Morgan fingerprint density at radius 2 is 2.50 bits per heavy atom. The lowest BCUT2D eigenvalue weighted by Gasteiger charge is -2.36. The molecule has 1 aliphatic rings. The fourth-order valence-electron chi connectivity index (χ4n) is 1.44. The van der Waals surface area contributed by atoms with Crippen LogP contribution in [0.1, 0.15) is 13.8 Å². The average molecular weight is 215 g/mol. The van der Waals surface area contributed by atoms with Crippen LogP contribution < -0.4 is 5.32 Å². The Kier molecular flexibility index (Phi) is 4.01. The first-order valence-corrected chi connectivity index (χ1v) is 5.71. The van der Waals surface area contributed by atoms with Crippen molar-refractivity contribution in [3.8, 4) is 0 Å². The van der Waals surface area contributed by atoms with Crippen LogP contribution in [0.4, 0.5) is 0 Å². The van der Waals surface area contributed by atoms with Gasteiger partial charge >= 0.3 is 5.97 Å². The van der Waals surface area contributed by atoms with Gasteiger partial charge in [0.2, 0.25) is 0 Å². The number of hydrogen-bond donors (Lipinski definition) is 1. The van der Waals surface area contributed by atoms with E-state index in [4.69, 9.17) is 4.74 Å². The fourth-order valence-corrected chi connectivity index (χ4v) is 2.53. The van der Waals surface area contributed by atoms with Crippen molar-refractivity contribution in [2.24, 2.45) is 0 Å². The van der Waals surface area contributed by atoms with Crippen molar-refractivity contribution in [1.29, 1.82) is 0 Å². The van der Waals surface area contributed by atoms with Gasteiger partial charge < -0.3 is 10.1 Å². The molecule has 1 fully saturated rings. The van der Waals surface area contributed by atoms with Crippen LogP contribution in [0, 0.1) is 0 Å². The molecule has 0 amide bonds. The first-order chi connectivity index (χ1) is 6.58. The Morgan fingerprint density at radius 3 is 3.07 bits per heavy atom. The Hall–Kier alpha value is -0.480. The zero-order valence-electron chi connectivity index (χ0n) is 8.71. The maximum atomic E-state index is 11.6. The number of hydrogen-bond acceptors (Lipinski definition) is 4. The van der Waals surface area contributed by atoms with E-state index in [1.165, 1.54) is 0 Å². The maximum absolute atomic E-state index is 11.6. The van der Waals surface area contributed by atoms with Gasteiger partial charge in [0.05, 0.1) is 0 Å². The van der Waals surface area contributed by atoms with Crippen molar-refractivity contribution in [3.05, 3.63) is 12.7 Å². The maximum Gasteiger partial charge on any atom is 0.324 e. The highest BCUT2D eigenvalue weighted by molar-refractivity contribution is 8.00. The van der Waals surface area contributed by atoms with Crippen molar-refractivity contribution in [2.45, 2.75) is 24.6 Å². The quantitative estimate of drug-likeness (QED) is 0.567. The molecule has 0 aromatic rings. The van der Waals surface area contributed by atoms with E-state index >= 15 is 0 Å². The van der Waals surface area contributed by atoms with Crippen molar-refractivity contribution >= 4 is 17.7 Å². The molecule has 1 N–H and O–H groups in total. The largest absolute Gasteiger partial charge is 0.460 e. The summed E-state index contributed by atoms with van der Waals surface area (Å²) < 4.78 is 4.95. The molecule has 0 radical (unpaired) electrons. The zero-order valence-corrected chi connectivity index (χ0v) is 9.52. The van der Waals surface area contributed by atoms with E-state index in [2.05, 4.69) is 25.7 Å². The van der Waals surface area contributed by atoms with Crippen molar-refractivity contribution in [3.63, 3.8) is 0 Å². The molecule has 1 saturated heterocycles. The number of rotatable bonds is 3. The van der Waals surface area contributed by atoms with Crippen molar-refractivity contribution in [1.82, 2.24) is 5.32 Å². The van der Waals surface area contributed by atoms with Gasteiger partial charge in [0.1, 0.15) is 12.6 Å². The van der Waals surface area contributed by atoms with Crippen LogP contribution in [0.25, 0.3) is 0 Å². The van der Waals surface area contributed by atoms with Crippen molar-refractivity contribution in [2.75, 3.05) is 18.9 Å². The monoisotopic (exact) mass is 215 g/mol. The Balaban J connectivity index is 2.55. The summed E-state index contributed by atoms with van der Waals surface area (Å²) in [4.78, 5) is 11.6. The molecule has 14 heavy (non-hydrogen) atoms. The third-order valence-electron chi connectivity index (χ3n) is 2.20. The second-order valence-electron chi connectivity index (χ2n) is 3.76. The topological polar surface area (TPSA) is 38.3 Å². The molecule has 1 atom stereocenters. The van der Waals surface area contributed by atoms with Crippen LogP contribution in [0.5, 0.6) is 0 Å². The SMILES string of the molecule is C=CCOC(=O)C1NCCSC1(C)C. The lowest BCUT2D eigenvalue weighted by molar-refractivity contribution is -0.145. The summed E-state index contributed by atoms with van der Waals surface area (Å²) in [7, 11) is 0. The molecule has 3 nitrogen and oxygen atoms in total. The highest BCUT2D eigenvalue weighted by Crippen LogP contribution is 2.31. The normalized spacial score (nSPS) is 25.4. The van der Waals surface area contributed by atoms with E-state index < -0.39 is 0 Å². The number of carbonyl (C=O) groups is 1. The van der Waals surface area contributed by atoms with Crippen LogP contribution in [0.3, 0.4) is 0 Å². The van der Waals surface area contributed by atoms with E-state index in [0.29, 0.717) is 0 Å². The van der Waals surface area contributed by atoms with Gasteiger partial charge in [-0.2, -0.15) is 11.8 Å². The molecular weight excluding hydrogens is 198 g/mol. The molecule has 1 heterocycles. The number of ether oxygens (including phenoxy) is 1. The van der Waals surface area contributed by atoms with Gasteiger partial charge in [-0.05, 0) is 13.8 Å². The van der Waals surface area contributed by atoms with Gasteiger partial charge in [-0.15, -0.1) is 0 Å². The minimum Gasteiger partial charge on any atom is -0.460 e. The van der Waals surface area contributed by atoms with E-state index in [9.17, 15) is 4.79 Å². The Bertz CT molecular complexity index is 228. The first-order valence-electron chi connectivity index (χ1n) is 4.73. The third kappa shape index (κ3) is 2.75. The van der Waals surface area contributed by atoms with Gasteiger partial charge in [-0.25, -0.2) is 0 Å². The summed E-state index contributed by atoms with van der Waals surface area (Å²) in [6.07, 6.45) is 1.58. The molecule has 0 aromatic heterocycles. The lowest BCUT2D eigenvalue weighted by Crippen LogP contribution is -2.55. The molecule has 0 aromatic carbocycles. The molecule has 1 aliphatic heterocycles. The Labute approximate surface area is 89.3 Å². The smallest absolute Gasteiger partial charge is 0.324 e. The average Bonchev–Trinajstić information content (AvgIpc) is 2.13. The van der Waals surface area contributed by atoms with E-state index in [0.717, 1.165) is 12.3 Å². The zero-order chi connectivity index (χ0) is 10.6. The van der Waals surface area contributed by atoms with Crippen LogP contribution in [0.2, 0.25) is 0 Å². The summed E-state index contributed by atoms with van der Waals surface area (Å²) in [6.45, 7) is 8.78. The van der Waals surface area contributed by atoms with E-state index in [1.54, 1.807) is 17.8 Å². The molecule has 0 bridgehead atoms. The summed E-state index contributed by atoms with van der Waals surface area (Å²) in [5.41, 5.74) is 0. The Morgan fingerprint density at radius 1 is 1.79 bits per heavy atom. The van der Waals surface area contributed by atoms with Crippen LogP contribution in [0.15, 0.2) is 12.7 Å². The summed E-state index contributed by atoms with van der Waals surface area (Å²) in [5, 5.41) is 3.19. The fraction of sp³-hybridized carbons (Fsp3) is 0.700. The molecule has 80 valence electrons. The molecule has 0 spiro atoms. The van der Waals surface area contributed by atoms with Crippen molar-refractivity contribution < 1.29 is 9.53 Å². The first kappa shape index (κ1) is 11.6. The standard InChI is InChI=1S/C10H17NO2S/c1-4-6-13-9(12)8-10(2,3)14-7-5-11-8/h4,8,11H,1,5-7H2,2-3H3. The van der Waals surface area contributed by atoms with Gasteiger partial charge in [0.15, 0.2) is 0 Å². The second kappa shape index (κ2) is 4.84. The van der Waals surface area contributed by atoms with Gasteiger partial charge in [0, 0.05) is 17.0 Å². The summed E-state index contributed by atoms with van der Waals surface area (Å²) in [5.74, 6) is 0.861. The van der Waals surface area contributed by atoms with Gasteiger partial charge in [-0.1, -0.05) is 12.7 Å².